The van der Waals surface area contributed by atoms with Crippen LogP contribution < -0.4 is 0 Å². The minimum atomic E-state index is -1.60. The van der Waals surface area contributed by atoms with Gasteiger partial charge in [0.05, 0.1) is 0 Å². The molecule has 2 nitrogen and oxygen atoms in total. The first-order chi connectivity index (χ1) is 17.4. The summed E-state index contributed by atoms with van der Waals surface area (Å²) in [4.78, 5) is 0. The Kier molecular flexibility index (Phi) is 11.8. The van der Waals surface area contributed by atoms with Crippen LogP contribution in [0.4, 0.5) is 0 Å². The Hall–Kier alpha value is -0.649. The van der Waals surface area contributed by atoms with Crippen molar-refractivity contribution in [3.05, 3.63) is 91.1 Å². The van der Waals surface area contributed by atoms with Crippen molar-refractivity contribution in [1.82, 2.24) is 4.57 Å². The van der Waals surface area contributed by atoms with E-state index in [2.05, 4.69) is 110 Å². The van der Waals surface area contributed by atoms with Crippen LogP contribution in [-0.4, -0.2) is 39.0 Å². The fraction of sp³-hybridized carbons (Fsp3) is 0.452. The van der Waals surface area contributed by atoms with Crippen molar-refractivity contribution in [2.75, 3.05) is 26.2 Å². The molecule has 0 N–H and O–H groups in total. The molecule has 2 aromatic carbocycles. The van der Waals surface area contributed by atoms with Gasteiger partial charge in [-0.25, -0.2) is 0 Å². The Labute approximate surface area is 243 Å². The maximum atomic E-state index is 4.89. The summed E-state index contributed by atoms with van der Waals surface area (Å²) < 4.78 is 2.88. The zero-order valence-corrected chi connectivity index (χ0v) is 27.1. The molecule has 0 amide bonds. The van der Waals surface area contributed by atoms with Crippen LogP contribution in [0, 0.1) is 31.1 Å². The van der Waals surface area contributed by atoms with E-state index in [1.165, 1.54) is 36.2 Å². The van der Waals surface area contributed by atoms with Gasteiger partial charge in [-0.1, -0.05) is 93.7 Å². The Bertz CT molecular complexity index is 1050. The predicted octanol–water partition coefficient (Wildman–Crippen LogP) is 9.31. The molecule has 4 unspecified atom stereocenters. The molecule has 2 aliphatic carbocycles. The molecule has 1 saturated carbocycles. The van der Waals surface area contributed by atoms with Crippen LogP contribution in [0.15, 0.2) is 72.8 Å². The molecule has 0 bridgehead atoms. The SMILES string of the molecule is CC(C)C1CC2C(c3cccc(-c4ccccc4)c3)=CC=CC2C1[Si](C)(C)N1CC[N-]CC1.[CH3-].[Cl][Ti][Cl]. The van der Waals surface area contributed by atoms with E-state index < -0.39 is 25.3 Å². The van der Waals surface area contributed by atoms with E-state index in [0.29, 0.717) is 11.8 Å². The first kappa shape index (κ1) is 30.9. The second-order valence-electron chi connectivity index (χ2n) is 11.2. The van der Waals surface area contributed by atoms with E-state index in [4.69, 9.17) is 18.6 Å². The third kappa shape index (κ3) is 6.93. The first-order valence-corrected chi connectivity index (χ1v) is 20.6. The fourth-order valence-electron chi connectivity index (χ4n) is 7.03. The number of fused-ring (bicyclic) bond motifs is 1. The van der Waals surface area contributed by atoms with Crippen molar-refractivity contribution in [2.24, 2.45) is 23.7 Å². The van der Waals surface area contributed by atoms with Gasteiger partial charge in [0.2, 0.25) is 0 Å². The summed E-state index contributed by atoms with van der Waals surface area (Å²) in [5.41, 5.74) is 6.40. The number of hydrogen-bond donors (Lipinski definition) is 0. The van der Waals surface area contributed by atoms with E-state index in [1.54, 1.807) is 5.57 Å². The summed E-state index contributed by atoms with van der Waals surface area (Å²) in [6.45, 7) is 14.6. The number of rotatable bonds is 5. The molecule has 2 fully saturated rings. The number of benzene rings is 2. The molecule has 1 heterocycles. The molecular weight excluding hydrogens is 547 g/mol. The molecule has 6 heteroatoms. The van der Waals surface area contributed by atoms with E-state index in [0.717, 1.165) is 30.5 Å². The van der Waals surface area contributed by atoms with Gasteiger partial charge in [-0.05, 0) is 77.1 Å². The number of halogens is 2. The van der Waals surface area contributed by atoms with Crippen molar-refractivity contribution in [2.45, 2.75) is 38.9 Å². The molecule has 0 spiro atoms. The molecule has 1 aliphatic heterocycles. The van der Waals surface area contributed by atoms with E-state index in [9.17, 15) is 0 Å². The second-order valence-corrected chi connectivity index (χ2v) is 18.4. The predicted molar refractivity (Wildman–Crippen MR) is 163 cm³/mol. The molecular formula is C31H42Cl2N2SiTi-2. The summed E-state index contributed by atoms with van der Waals surface area (Å²) in [5, 5.41) is 4.65. The summed E-state index contributed by atoms with van der Waals surface area (Å²) in [6.07, 6.45) is 8.69. The first-order valence-electron chi connectivity index (χ1n) is 13.3. The van der Waals surface area contributed by atoms with Gasteiger partial charge in [0.25, 0.3) is 0 Å². The topological polar surface area (TPSA) is 17.3 Å². The number of nitrogens with zero attached hydrogens (tertiary/aromatic N) is 2. The van der Waals surface area contributed by atoms with Crippen LogP contribution in [-0.2, 0) is 17.0 Å². The Morgan fingerprint density at radius 3 is 2.22 bits per heavy atom. The average molecular weight is 590 g/mol. The van der Waals surface area contributed by atoms with E-state index in [-0.39, 0.29) is 7.43 Å². The summed E-state index contributed by atoms with van der Waals surface area (Å²) in [6, 6.07) is 20.1. The van der Waals surface area contributed by atoms with Crippen molar-refractivity contribution in [1.29, 1.82) is 0 Å². The molecule has 2 aromatic rings. The van der Waals surface area contributed by atoms with E-state index in [1.807, 2.05) is 0 Å². The number of allylic oxidation sites excluding steroid dienone is 4. The quantitative estimate of drug-likeness (QED) is 0.251. The van der Waals surface area contributed by atoms with Gasteiger partial charge in [-0.3, -0.25) is 0 Å². The van der Waals surface area contributed by atoms with Crippen molar-refractivity contribution < 1.29 is 17.0 Å². The second kappa shape index (κ2) is 14.1. The van der Waals surface area contributed by atoms with Gasteiger partial charge in [0.15, 0.2) is 0 Å². The maximum absolute atomic E-state index is 4.89. The summed E-state index contributed by atoms with van der Waals surface area (Å²) in [7, 11) is 8.18. The zero-order chi connectivity index (χ0) is 25.7. The normalized spacial score (nSPS) is 25.4. The number of piperazine rings is 1. The fourth-order valence-corrected chi connectivity index (χ4v) is 11.7. The van der Waals surface area contributed by atoms with Crippen LogP contribution in [0.25, 0.3) is 22.0 Å². The molecule has 4 atom stereocenters. The van der Waals surface area contributed by atoms with Gasteiger partial charge in [-0.2, -0.15) is 0 Å². The zero-order valence-electron chi connectivity index (χ0n) is 23.0. The minimum absolute atomic E-state index is 0. The number of hydrogen-bond acceptors (Lipinski definition) is 1. The van der Waals surface area contributed by atoms with Crippen molar-refractivity contribution >= 4 is 32.4 Å². The monoisotopic (exact) mass is 588 g/mol. The van der Waals surface area contributed by atoms with Gasteiger partial charge in [0, 0.05) is 0 Å². The Balaban J connectivity index is 0.000000908. The van der Waals surface area contributed by atoms with Crippen molar-refractivity contribution in [3.63, 3.8) is 0 Å². The molecule has 200 valence electrons. The average Bonchev–Trinajstić information content (AvgIpc) is 3.31. The van der Waals surface area contributed by atoms with Crippen LogP contribution in [0.3, 0.4) is 0 Å². The third-order valence-corrected chi connectivity index (χ3v) is 13.2. The molecule has 3 aliphatic rings. The third-order valence-electron chi connectivity index (χ3n) is 8.72. The van der Waals surface area contributed by atoms with Crippen LogP contribution in [0.5, 0.6) is 0 Å². The molecule has 37 heavy (non-hydrogen) atoms. The molecule has 5 rings (SSSR count). The molecule has 1 saturated heterocycles. The van der Waals surface area contributed by atoms with Gasteiger partial charge >= 0.3 is 35.6 Å². The molecule has 0 aromatic heterocycles. The van der Waals surface area contributed by atoms with Crippen LogP contribution in [0.2, 0.25) is 18.6 Å². The van der Waals surface area contributed by atoms with Crippen LogP contribution >= 0.6 is 18.6 Å². The van der Waals surface area contributed by atoms with Gasteiger partial charge < -0.3 is 17.3 Å². The van der Waals surface area contributed by atoms with Crippen LogP contribution in [0.1, 0.15) is 25.8 Å². The molecule has 0 radical (unpaired) electrons. The Morgan fingerprint density at radius 1 is 0.946 bits per heavy atom. The Morgan fingerprint density at radius 2 is 1.57 bits per heavy atom. The standard InChI is InChI=1S/C30H39N2Si.CH3.2ClH.Ti/c1-22(2)28-21-29-26(25-13-8-12-24(20-25)23-10-6-5-7-11-23)14-9-15-27(29)30(28)33(3,4)32-18-16-31-17-19-32;;;;/h5-15,20,22,27-30H,16-19,21H2,1-4H3;1H3;2*1H;/q2*-1;;;+2/p-2. The van der Waals surface area contributed by atoms with E-state index >= 15 is 0 Å². The van der Waals surface area contributed by atoms with Crippen molar-refractivity contribution in [3.8, 4) is 11.1 Å². The summed E-state index contributed by atoms with van der Waals surface area (Å²) in [5.74, 6) is 2.83. The summed E-state index contributed by atoms with van der Waals surface area (Å²) >= 11 is -0.556. The van der Waals surface area contributed by atoms with Gasteiger partial charge in [0.1, 0.15) is 8.24 Å². The van der Waals surface area contributed by atoms with Gasteiger partial charge in [-0.15, -0.1) is 13.1 Å².